The number of hydrogen-bond acceptors (Lipinski definition) is 4. The van der Waals surface area contributed by atoms with Crippen LogP contribution in [0.2, 0.25) is 0 Å². The molecule has 0 unspecified atom stereocenters. The first-order valence-corrected chi connectivity index (χ1v) is 6.53. The fourth-order valence-corrected chi connectivity index (χ4v) is 2.94. The van der Waals surface area contributed by atoms with Gasteiger partial charge in [-0.1, -0.05) is 0 Å². The van der Waals surface area contributed by atoms with Crippen LogP contribution in [-0.2, 0) is 14.6 Å². The molecule has 0 fully saturated rings. The quantitative estimate of drug-likeness (QED) is 0.876. The molecule has 1 aromatic rings. The van der Waals surface area contributed by atoms with E-state index < -0.39 is 21.6 Å². The molecule has 94 valence electrons. The van der Waals surface area contributed by atoms with Gasteiger partial charge in [-0.15, -0.1) is 0 Å². The summed E-state index contributed by atoms with van der Waals surface area (Å²) in [7, 11) is -2.30. The summed E-state index contributed by atoms with van der Waals surface area (Å²) < 4.78 is 28.7. The number of benzene rings is 1. The van der Waals surface area contributed by atoms with E-state index in [4.69, 9.17) is 9.84 Å². The minimum atomic E-state index is -3.79. The maximum atomic E-state index is 11.8. The molecule has 0 saturated carbocycles. The normalized spacial score (nSPS) is 11.2. The molecule has 1 rings (SSSR count). The summed E-state index contributed by atoms with van der Waals surface area (Å²) in [4.78, 5) is 10.5. The Hall–Kier alpha value is -1.56. The van der Waals surface area contributed by atoms with Crippen molar-refractivity contribution in [1.29, 1.82) is 0 Å². The topological polar surface area (TPSA) is 80.7 Å². The Morgan fingerprint density at radius 1 is 1.29 bits per heavy atom. The van der Waals surface area contributed by atoms with Gasteiger partial charge in [0.15, 0.2) is 15.6 Å². The molecule has 0 aromatic heterocycles. The molecule has 17 heavy (non-hydrogen) atoms. The summed E-state index contributed by atoms with van der Waals surface area (Å²) in [6.45, 7) is 3.36. The molecule has 0 amide bonds. The van der Waals surface area contributed by atoms with E-state index in [2.05, 4.69) is 0 Å². The first-order valence-electron chi connectivity index (χ1n) is 4.88. The Morgan fingerprint density at radius 3 is 2.35 bits per heavy atom. The first-order chi connectivity index (χ1) is 7.79. The summed E-state index contributed by atoms with van der Waals surface area (Å²) in [6, 6.07) is 2.90. The number of ether oxygens (including phenoxy) is 1. The molecule has 0 bridgehead atoms. The lowest BCUT2D eigenvalue weighted by Crippen LogP contribution is -2.16. The molecular formula is C11H14O5S. The van der Waals surface area contributed by atoms with Gasteiger partial charge in [-0.25, -0.2) is 8.42 Å². The predicted octanol–water partition coefficient (Wildman–Crippen LogP) is 1.17. The van der Waals surface area contributed by atoms with Crippen molar-refractivity contribution >= 4 is 15.8 Å². The molecule has 0 heterocycles. The van der Waals surface area contributed by atoms with Crippen molar-refractivity contribution in [1.82, 2.24) is 0 Å². The van der Waals surface area contributed by atoms with Crippen LogP contribution in [0.25, 0.3) is 0 Å². The first kappa shape index (κ1) is 13.5. The van der Waals surface area contributed by atoms with Crippen molar-refractivity contribution in [2.45, 2.75) is 18.7 Å². The molecule has 0 aliphatic rings. The van der Waals surface area contributed by atoms with Crippen molar-refractivity contribution < 1.29 is 23.1 Å². The van der Waals surface area contributed by atoms with Crippen LogP contribution in [-0.4, -0.2) is 32.4 Å². The van der Waals surface area contributed by atoms with Gasteiger partial charge >= 0.3 is 5.97 Å². The lowest BCUT2D eigenvalue weighted by Gasteiger charge is -2.12. The lowest BCUT2D eigenvalue weighted by atomic mass is 10.1. The molecule has 0 spiro atoms. The van der Waals surface area contributed by atoms with Crippen LogP contribution >= 0.6 is 0 Å². The van der Waals surface area contributed by atoms with E-state index in [9.17, 15) is 13.2 Å². The zero-order valence-corrected chi connectivity index (χ0v) is 10.7. The van der Waals surface area contributed by atoms with Gasteiger partial charge in [0.25, 0.3) is 0 Å². The smallest absolute Gasteiger partial charge is 0.319 e. The summed E-state index contributed by atoms with van der Waals surface area (Å²) in [5.41, 5.74) is 1.21. The van der Waals surface area contributed by atoms with Crippen molar-refractivity contribution in [2.75, 3.05) is 12.9 Å². The van der Waals surface area contributed by atoms with Crippen LogP contribution in [0.15, 0.2) is 17.0 Å². The van der Waals surface area contributed by atoms with Crippen LogP contribution in [0.5, 0.6) is 5.75 Å². The zero-order valence-electron chi connectivity index (χ0n) is 9.85. The van der Waals surface area contributed by atoms with Crippen LogP contribution in [0, 0.1) is 13.8 Å². The number of sulfone groups is 1. The molecule has 0 saturated heterocycles. The Balaban J connectivity index is 3.34. The van der Waals surface area contributed by atoms with E-state index >= 15 is 0 Å². The Morgan fingerprint density at radius 2 is 1.88 bits per heavy atom. The standard InChI is InChI=1S/C11H14O5S/c1-7-8(2)10(5-4-9(7)16-3)17(14,15)6-11(12)13/h4-5H,6H2,1-3H3,(H,12,13). The fourth-order valence-electron chi connectivity index (χ4n) is 1.57. The summed E-state index contributed by atoms with van der Waals surface area (Å²) >= 11 is 0. The number of hydrogen-bond donors (Lipinski definition) is 1. The number of methoxy groups -OCH3 is 1. The maximum Gasteiger partial charge on any atom is 0.319 e. The number of carboxylic acids is 1. The van der Waals surface area contributed by atoms with E-state index in [1.807, 2.05) is 0 Å². The molecule has 0 atom stereocenters. The highest BCUT2D eigenvalue weighted by atomic mass is 32.2. The van der Waals surface area contributed by atoms with Crippen molar-refractivity contribution in [2.24, 2.45) is 0 Å². The third-order valence-corrected chi connectivity index (χ3v) is 4.30. The molecular weight excluding hydrogens is 244 g/mol. The van der Waals surface area contributed by atoms with Gasteiger partial charge in [-0.3, -0.25) is 4.79 Å². The second-order valence-corrected chi connectivity index (χ2v) is 5.63. The van der Waals surface area contributed by atoms with E-state index in [1.165, 1.54) is 19.2 Å². The monoisotopic (exact) mass is 258 g/mol. The largest absolute Gasteiger partial charge is 0.496 e. The van der Waals surface area contributed by atoms with E-state index in [-0.39, 0.29) is 4.90 Å². The van der Waals surface area contributed by atoms with Gasteiger partial charge in [0.2, 0.25) is 0 Å². The van der Waals surface area contributed by atoms with Gasteiger partial charge in [0.1, 0.15) is 5.75 Å². The minimum Gasteiger partial charge on any atom is -0.496 e. The van der Waals surface area contributed by atoms with Crippen LogP contribution in [0.3, 0.4) is 0 Å². The average molecular weight is 258 g/mol. The van der Waals surface area contributed by atoms with Crippen LogP contribution < -0.4 is 4.74 Å². The zero-order chi connectivity index (χ0) is 13.2. The van der Waals surface area contributed by atoms with Crippen LogP contribution in [0.4, 0.5) is 0 Å². The fraction of sp³-hybridized carbons (Fsp3) is 0.364. The molecule has 1 aromatic carbocycles. The predicted molar refractivity (Wildman–Crippen MR) is 62.2 cm³/mol. The van der Waals surface area contributed by atoms with Gasteiger partial charge < -0.3 is 9.84 Å². The van der Waals surface area contributed by atoms with Crippen molar-refractivity contribution in [3.05, 3.63) is 23.3 Å². The van der Waals surface area contributed by atoms with Gasteiger partial charge in [0, 0.05) is 0 Å². The summed E-state index contributed by atoms with van der Waals surface area (Å²) in [5, 5.41) is 8.57. The highest BCUT2D eigenvalue weighted by molar-refractivity contribution is 7.92. The van der Waals surface area contributed by atoms with Crippen LogP contribution in [0.1, 0.15) is 11.1 Å². The molecule has 5 nitrogen and oxygen atoms in total. The van der Waals surface area contributed by atoms with E-state index in [0.29, 0.717) is 16.9 Å². The number of carbonyl (C=O) groups is 1. The van der Waals surface area contributed by atoms with Gasteiger partial charge in [-0.05, 0) is 37.1 Å². The molecule has 1 N–H and O–H groups in total. The molecule has 0 aliphatic heterocycles. The molecule has 0 aliphatic carbocycles. The van der Waals surface area contributed by atoms with Crippen molar-refractivity contribution in [3.8, 4) is 5.75 Å². The maximum absolute atomic E-state index is 11.8. The third-order valence-electron chi connectivity index (χ3n) is 2.56. The Labute approximate surface area is 100.0 Å². The number of carboxylic acid groups (broad SMARTS) is 1. The highest BCUT2D eigenvalue weighted by Crippen LogP contribution is 2.27. The lowest BCUT2D eigenvalue weighted by molar-refractivity contribution is -0.134. The van der Waals surface area contributed by atoms with Crippen molar-refractivity contribution in [3.63, 3.8) is 0 Å². The summed E-state index contributed by atoms with van der Waals surface area (Å²) in [6.07, 6.45) is 0. The number of aliphatic carboxylic acids is 1. The highest BCUT2D eigenvalue weighted by Gasteiger charge is 2.22. The Bertz CT molecular complexity index is 545. The molecule has 6 heteroatoms. The second kappa shape index (κ2) is 4.75. The Kier molecular flexibility index (Phi) is 3.77. The summed E-state index contributed by atoms with van der Waals surface area (Å²) in [5.74, 6) is -1.69. The van der Waals surface area contributed by atoms with E-state index in [1.54, 1.807) is 13.8 Å². The number of rotatable bonds is 4. The van der Waals surface area contributed by atoms with E-state index in [0.717, 1.165) is 0 Å². The third kappa shape index (κ3) is 2.76. The van der Waals surface area contributed by atoms with Gasteiger partial charge in [0.05, 0.1) is 12.0 Å². The molecule has 0 radical (unpaired) electrons. The second-order valence-electron chi connectivity index (χ2n) is 3.67. The van der Waals surface area contributed by atoms with Gasteiger partial charge in [-0.2, -0.15) is 0 Å². The SMILES string of the molecule is COc1ccc(S(=O)(=O)CC(=O)O)c(C)c1C. The average Bonchev–Trinajstić information content (AvgIpc) is 2.19. The minimum absolute atomic E-state index is 0.0400.